The van der Waals surface area contributed by atoms with Crippen LogP contribution in [0.2, 0.25) is 0 Å². The van der Waals surface area contributed by atoms with Crippen LogP contribution in [0.3, 0.4) is 0 Å². The Morgan fingerprint density at radius 3 is 2.78 bits per heavy atom. The minimum atomic E-state index is -0.0485. The van der Waals surface area contributed by atoms with Crippen molar-refractivity contribution in [3.63, 3.8) is 0 Å². The lowest BCUT2D eigenvalue weighted by Gasteiger charge is -2.32. The molecular weight excluding hydrogens is 512 g/mol. The number of hydrogen-bond acceptors (Lipinski definition) is 9. The first-order chi connectivity index (χ1) is 20.0. The van der Waals surface area contributed by atoms with Gasteiger partial charge in [0.1, 0.15) is 12.1 Å². The number of aromatic nitrogens is 7. The highest BCUT2D eigenvalue weighted by Crippen LogP contribution is 2.45. The van der Waals surface area contributed by atoms with E-state index in [4.69, 9.17) is 15.0 Å². The Morgan fingerprint density at radius 2 is 1.95 bits per heavy atom. The van der Waals surface area contributed by atoms with E-state index in [1.165, 1.54) is 18.4 Å². The summed E-state index contributed by atoms with van der Waals surface area (Å²) >= 11 is 0. The lowest BCUT2D eigenvalue weighted by Crippen LogP contribution is -2.43. The average molecular weight is 545 g/mol. The molecule has 10 nitrogen and oxygen atoms in total. The first kappa shape index (κ1) is 25.4. The molecule has 0 atom stereocenters. The maximum atomic E-state index is 5.23. The SMILES string of the molecule is CC1(C)CNCCC1=Nc1nc(-c2ccnc(Nc3ncn(Cc4ccccc4)n3)c2)nc2cncc(C3CC3)c12. The van der Waals surface area contributed by atoms with Crippen LogP contribution in [0.15, 0.2) is 72.4 Å². The molecule has 7 rings (SSSR count). The van der Waals surface area contributed by atoms with Crippen molar-refractivity contribution in [2.24, 2.45) is 10.4 Å². The van der Waals surface area contributed by atoms with Crippen LogP contribution < -0.4 is 10.6 Å². The summed E-state index contributed by atoms with van der Waals surface area (Å²) in [5.41, 5.74) is 5.12. The highest BCUT2D eigenvalue weighted by Gasteiger charge is 2.31. The van der Waals surface area contributed by atoms with Crippen molar-refractivity contribution in [2.45, 2.75) is 45.6 Å². The van der Waals surface area contributed by atoms with Crippen LogP contribution in [0.1, 0.15) is 50.2 Å². The van der Waals surface area contributed by atoms with Gasteiger partial charge in [0.05, 0.1) is 23.6 Å². The molecule has 0 amide bonds. The van der Waals surface area contributed by atoms with Crippen molar-refractivity contribution in [3.8, 4) is 11.4 Å². The van der Waals surface area contributed by atoms with Crippen LogP contribution in [-0.4, -0.2) is 53.5 Å². The van der Waals surface area contributed by atoms with E-state index in [1.807, 2.05) is 42.7 Å². The van der Waals surface area contributed by atoms with Gasteiger partial charge in [-0.1, -0.05) is 44.2 Å². The third-order valence-corrected chi connectivity index (χ3v) is 7.74. The van der Waals surface area contributed by atoms with E-state index in [9.17, 15) is 0 Å². The van der Waals surface area contributed by atoms with Gasteiger partial charge in [-0.05, 0) is 48.4 Å². The molecule has 1 aliphatic heterocycles. The van der Waals surface area contributed by atoms with Crippen LogP contribution in [0.4, 0.5) is 17.6 Å². The minimum absolute atomic E-state index is 0.0485. The lowest BCUT2D eigenvalue weighted by atomic mass is 9.83. The van der Waals surface area contributed by atoms with E-state index in [1.54, 1.807) is 17.2 Å². The molecule has 41 heavy (non-hydrogen) atoms. The number of hydrogen-bond donors (Lipinski definition) is 2. The monoisotopic (exact) mass is 544 g/mol. The van der Waals surface area contributed by atoms with E-state index in [-0.39, 0.29) is 5.41 Å². The fourth-order valence-electron chi connectivity index (χ4n) is 5.34. The summed E-state index contributed by atoms with van der Waals surface area (Å²) in [5.74, 6) is 2.91. The maximum Gasteiger partial charge on any atom is 0.247 e. The zero-order valence-electron chi connectivity index (χ0n) is 23.2. The highest BCUT2D eigenvalue weighted by atomic mass is 15.4. The van der Waals surface area contributed by atoms with Gasteiger partial charge in [-0.3, -0.25) is 4.98 Å². The number of pyridine rings is 2. The van der Waals surface area contributed by atoms with Crippen molar-refractivity contribution in [2.75, 3.05) is 18.4 Å². The van der Waals surface area contributed by atoms with Crippen molar-refractivity contribution in [3.05, 3.63) is 78.5 Å². The molecule has 2 fully saturated rings. The van der Waals surface area contributed by atoms with Crippen LogP contribution in [-0.2, 0) is 6.54 Å². The summed E-state index contributed by atoms with van der Waals surface area (Å²) < 4.78 is 1.80. The largest absolute Gasteiger partial charge is 0.315 e. The van der Waals surface area contributed by atoms with Gasteiger partial charge in [0.2, 0.25) is 5.95 Å². The number of anilines is 2. The second-order valence-electron chi connectivity index (χ2n) is 11.4. The van der Waals surface area contributed by atoms with Gasteiger partial charge in [0.25, 0.3) is 0 Å². The molecular formula is C31H32N10. The number of nitrogens with one attached hydrogen (secondary N) is 2. The summed E-state index contributed by atoms with van der Waals surface area (Å²) in [4.78, 5) is 28.7. The molecule has 0 spiro atoms. The van der Waals surface area contributed by atoms with Crippen LogP contribution >= 0.6 is 0 Å². The molecule has 2 aliphatic rings. The number of fused-ring (bicyclic) bond motifs is 1. The van der Waals surface area contributed by atoms with Crippen molar-refractivity contribution in [1.29, 1.82) is 0 Å². The maximum absolute atomic E-state index is 5.23. The molecule has 5 aromatic rings. The summed E-state index contributed by atoms with van der Waals surface area (Å²) in [6.45, 7) is 6.93. The Balaban J connectivity index is 1.23. The predicted octanol–water partition coefficient (Wildman–Crippen LogP) is 5.44. The first-order valence-electron chi connectivity index (χ1n) is 14.1. The van der Waals surface area contributed by atoms with Gasteiger partial charge in [-0.15, -0.1) is 5.10 Å². The van der Waals surface area contributed by atoms with E-state index >= 15 is 0 Å². The fraction of sp³-hybridized carbons (Fsp3) is 0.323. The van der Waals surface area contributed by atoms with E-state index in [0.717, 1.165) is 53.1 Å². The van der Waals surface area contributed by atoms with Crippen molar-refractivity contribution >= 4 is 34.2 Å². The Bertz CT molecular complexity index is 1740. The molecule has 5 heterocycles. The molecule has 10 heteroatoms. The quantitative estimate of drug-likeness (QED) is 0.278. The summed E-state index contributed by atoms with van der Waals surface area (Å²) in [6, 6.07) is 14.0. The second kappa shape index (κ2) is 10.4. The minimum Gasteiger partial charge on any atom is -0.315 e. The molecule has 2 N–H and O–H groups in total. The Kier molecular flexibility index (Phi) is 6.47. The van der Waals surface area contributed by atoms with Gasteiger partial charge in [0, 0.05) is 42.2 Å². The van der Waals surface area contributed by atoms with Gasteiger partial charge >= 0.3 is 0 Å². The Morgan fingerprint density at radius 1 is 1.07 bits per heavy atom. The lowest BCUT2D eigenvalue weighted by molar-refractivity contribution is 0.431. The molecule has 0 radical (unpaired) electrons. The summed E-state index contributed by atoms with van der Waals surface area (Å²) in [5, 5.41) is 12.3. The van der Waals surface area contributed by atoms with Crippen LogP contribution in [0.25, 0.3) is 22.3 Å². The molecule has 1 saturated heterocycles. The number of benzene rings is 1. The molecule has 0 unspecified atom stereocenters. The van der Waals surface area contributed by atoms with Crippen LogP contribution in [0, 0.1) is 5.41 Å². The zero-order chi connectivity index (χ0) is 27.8. The second-order valence-corrected chi connectivity index (χ2v) is 11.4. The number of aliphatic imine (C=N–C) groups is 1. The van der Waals surface area contributed by atoms with Gasteiger partial charge in [-0.25, -0.2) is 29.6 Å². The van der Waals surface area contributed by atoms with Crippen LogP contribution in [0.5, 0.6) is 0 Å². The molecule has 4 aromatic heterocycles. The first-order valence-corrected chi connectivity index (χ1v) is 14.1. The number of piperidine rings is 1. The highest BCUT2D eigenvalue weighted by molar-refractivity contribution is 5.98. The third kappa shape index (κ3) is 5.43. The molecule has 1 aromatic carbocycles. The topological polar surface area (TPSA) is 119 Å². The van der Waals surface area contributed by atoms with E-state index in [2.05, 4.69) is 56.7 Å². The van der Waals surface area contributed by atoms with Gasteiger partial charge < -0.3 is 10.6 Å². The fourth-order valence-corrected chi connectivity index (χ4v) is 5.34. The molecule has 206 valence electrons. The average Bonchev–Trinajstić information content (AvgIpc) is 3.74. The smallest absolute Gasteiger partial charge is 0.247 e. The number of nitrogens with zero attached hydrogens (tertiary/aromatic N) is 8. The van der Waals surface area contributed by atoms with Gasteiger partial charge in [0.15, 0.2) is 11.6 Å². The van der Waals surface area contributed by atoms with Crippen molar-refractivity contribution in [1.82, 2.24) is 40.0 Å². The molecule has 0 bridgehead atoms. The van der Waals surface area contributed by atoms with E-state index in [0.29, 0.717) is 30.1 Å². The Hall–Kier alpha value is -4.57. The predicted molar refractivity (Wildman–Crippen MR) is 160 cm³/mol. The van der Waals surface area contributed by atoms with Crippen molar-refractivity contribution < 1.29 is 0 Å². The number of rotatable bonds is 7. The van der Waals surface area contributed by atoms with Gasteiger partial charge in [-0.2, -0.15) is 0 Å². The van der Waals surface area contributed by atoms with E-state index < -0.39 is 0 Å². The third-order valence-electron chi connectivity index (χ3n) is 7.74. The summed E-state index contributed by atoms with van der Waals surface area (Å²) in [6.07, 6.45) is 10.5. The Labute approximate surface area is 238 Å². The summed E-state index contributed by atoms with van der Waals surface area (Å²) in [7, 11) is 0. The molecule has 1 aliphatic carbocycles. The normalized spacial score (nSPS) is 17.7. The standard InChI is InChI=1S/C31H32N10/c1-31(2)18-32-12-11-25(31)37-29-27-23(21-8-9-21)15-33-16-24(27)36-28(39-29)22-10-13-34-26(14-22)38-30-35-19-41(40-30)17-20-6-4-3-5-7-20/h3-7,10,13-16,19,21,32H,8-9,11-12,17-18H2,1-2H3,(H,34,38,40). The zero-order valence-corrected chi connectivity index (χ0v) is 23.2. The molecule has 1 saturated carbocycles.